The molecule has 0 radical (unpaired) electrons. The van der Waals surface area contributed by atoms with Crippen LogP contribution in [-0.2, 0) is 96.0 Å². The van der Waals surface area contributed by atoms with Gasteiger partial charge in [0.15, 0.2) is 0 Å². The van der Waals surface area contributed by atoms with E-state index >= 15 is 0 Å². The molecule has 0 aliphatic heterocycles. The van der Waals surface area contributed by atoms with E-state index in [1.54, 1.807) is 31.2 Å². The molecule has 4 rings (SSSR count). The van der Waals surface area contributed by atoms with E-state index in [4.69, 9.17) is 52.1 Å². The van der Waals surface area contributed by atoms with Crippen molar-refractivity contribution in [3.63, 3.8) is 0 Å². The van der Waals surface area contributed by atoms with Crippen molar-refractivity contribution in [2.75, 3.05) is 66.1 Å². The van der Waals surface area contributed by atoms with Crippen LogP contribution in [0.4, 0.5) is 0 Å². The summed E-state index contributed by atoms with van der Waals surface area (Å²) < 4.78 is 59.4. The summed E-state index contributed by atoms with van der Waals surface area (Å²) in [6.07, 6.45) is 37.5. The molecule has 2 aromatic carbocycles. The van der Waals surface area contributed by atoms with Crippen molar-refractivity contribution in [2.45, 2.75) is 340 Å². The molecule has 2 aliphatic carbocycles. The number of hydrogen-bond donors (Lipinski definition) is 1. The molecule has 1 N–H and O–H groups in total. The molecule has 0 aromatic heterocycles. The normalized spacial score (nSPS) is 15.8. The van der Waals surface area contributed by atoms with Crippen molar-refractivity contribution in [2.24, 2.45) is 17.8 Å². The first-order valence-electron chi connectivity index (χ1n) is 43.7. The van der Waals surface area contributed by atoms with Crippen LogP contribution in [0.2, 0.25) is 0 Å². The average molecular weight is 1600 g/mol. The second kappa shape index (κ2) is 63.4. The van der Waals surface area contributed by atoms with Crippen LogP contribution in [0.1, 0.15) is 351 Å². The Morgan fingerprint density at radius 2 is 0.649 bits per heavy atom. The number of carboxylic acids is 1. The maximum Gasteiger partial charge on any atom is 0.343 e. The molecule has 642 valence electrons. The van der Waals surface area contributed by atoms with Crippen molar-refractivity contribution >= 4 is 65.7 Å². The fraction of sp³-hybridized carbons (Fsp3) is 0.725. The van der Waals surface area contributed by atoms with Crippen LogP contribution in [-0.4, -0.2) is 137 Å². The minimum atomic E-state index is -0.667. The minimum absolute atomic E-state index is 0.0284. The highest BCUT2D eigenvalue weighted by molar-refractivity contribution is 5.91. The molecule has 0 bridgehead atoms. The van der Waals surface area contributed by atoms with Crippen LogP contribution in [0.25, 0.3) is 0 Å². The van der Waals surface area contributed by atoms with E-state index < -0.39 is 17.9 Å². The Bertz CT molecular complexity index is 3030. The number of unbranched alkanes of at least 4 members (excludes halogenated alkanes) is 23. The molecule has 2 fully saturated rings. The van der Waals surface area contributed by atoms with Gasteiger partial charge >= 0.3 is 65.7 Å². The zero-order chi connectivity index (χ0) is 82.3. The lowest BCUT2D eigenvalue weighted by atomic mass is 9.56. The Hall–Kier alpha value is -7.85. The summed E-state index contributed by atoms with van der Waals surface area (Å²) >= 11 is 0. The highest BCUT2D eigenvalue weighted by Crippen LogP contribution is 2.53. The predicted molar refractivity (Wildman–Crippen MR) is 433 cm³/mol. The van der Waals surface area contributed by atoms with Crippen molar-refractivity contribution in [3.05, 3.63) is 71.8 Å². The van der Waals surface area contributed by atoms with Crippen LogP contribution in [0.15, 0.2) is 60.7 Å². The number of ether oxygens (including phenoxy) is 11. The Balaban J connectivity index is 0.822. The highest BCUT2D eigenvalue weighted by atomic mass is 16.6. The van der Waals surface area contributed by atoms with Crippen LogP contribution in [0.5, 0.6) is 11.5 Å². The van der Waals surface area contributed by atoms with Crippen molar-refractivity contribution in [3.8, 4) is 11.5 Å². The van der Waals surface area contributed by atoms with E-state index in [0.29, 0.717) is 203 Å². The number of carbonyl (C=O) groups is 11. The van der Waals surface area contributed by atoms with Gasteiger partial charge in [-0.25, -0.2) is 9.59 Å². The third-order valence-electron chi connectivity index (χ3n) is 21.5. The maximum atomic E-state index is 13.2. The highest BCUT2D eigenvalue weighted by Gasteiger charge is 2.45. The van der Waals surface area contributed by atoms with Gasteiger partial charge in [-0.3, -0.25) is 43.2 Å². The molecule has 0 heterocycles. The zero-order valence-electron chi connectivity index (χ0n) is 69.4. The summed E-state index contributed by atoms with van der Waals surface area (Å²) in [5, 5.41) is 9.68. The van der Waals surface area contributed by atoms with E-state index in [9.17, 15) is 57.8 Å². The third-order valence-corrected chi connectivity index (χ3v) is 21.5. The second-order valence-corrected chi connectivity index (χ2v) is 31.1. The van der Waals surface area contributed by atoms with Gasteiger partial charge in [0.25, 0.3) is 0 Å². The first-order valence-corrected chi connectivity index (χ1v) is 43.7. The summed E-state index contributed by atoms with van der Waals surface area (Å²) in [4.78, 5) is 133. The lowest BCUT2D eigenvalue weighted by Gasteiger charge is -2.48. The zero-order valence-corrected chi connectivity index (χ0v) is 69.4. The number of benzene rings is 2. The maximum absolute atomic E-state index is 13.2. The molecule has 0 spiro atoms. The topological polar surface area (TPSA) is 310 Å². The number of esters is 10. The van der Waals surface area contributed by atoms with Crippen LogP contribution in [0, 0.1) is 17.8 Å². The van der Waals surface area contributed by atoms with E-state index in [2.05, 4.69) is 25.6 Å². The fourth-order valence-corrected chi connectivity index (χ4v) is 14.5. The SMILES string of the molecule is C=C(C)C(=O)OCCCCCC(=O)OCCCCCC(=O)OCCCCCC(=O)OCCCCCC(=O)OCCCCCC(=O)OCCCCCC(=O)OCCCCCC(=O)OCCCCCC(=O)OCCCCCCCCOc1ccc(C(=O)Oc2ccc(C3(C4CCC(C(=O)O)CC4)CCC(CCCCC)CC3)cc2)cc1. The molecule has 0 saturated heterocycles. The summed E-state index contributed by atoms with van der Waals surface area (Å²) in [5.41, 5.74) is 2.13. The van der Waals surface area contributed by atoms with Gasteiger partial charge in [0.1, 0.15) is 11.5 Å². The summed E-state index contributed by atoms with van der Waals surface area (Å²) in [6.45, 7) is 10.7. The van der Waals surface area contributed by atoms with Crippen molar-refractivity contribution < 1.29 is 110 Å². The molecule has 0 atom stereocenters. The Morgan fingerprint density at radius 1 is 0.351 bits per heavy atom. The quantitative estimate of drug-likeness (QED) is 0.0211. The standard InChI is InChI=1S/C91H140O23/c1-4-5-18-37-73-58-60-91(61-59-73,76-50-46-74(47-51-76)88(100)101)77-52-56-79(57-53-77)114-90(103)75-48-54-78(55-49-75)104-62-27-8-6-7-9-28-63-105-80(92)38-19-10-29-64-106-81(93)39-20-11-30-65-107-82(94)40-21-12-31-66-108-83(95)41-22-13-32-67-109-84(96)42-23-14-33-68-110-85(97)43-24-15-34-69-111-86(98)44-25-16-35-70-112-87(99)45-26-17-36-71-113-89(102)72(2)3/h48-49,52-57,73-74,76H,2,4-47,50-51,58-71H2,1,3H3,(H,100,101). The molecule has 0 amide bonds. The first-order chi connectivity index (χ1) is 55.4. The lowest BCUT2D eigenvalue weighted by Crippen LogP contribution is -2.41. The van der Waals surface area contributed by atoms with Crippen molar-refractivity contribution in [1.82, 2.24) is 0 Å². The predicted octanol–water partition coefficient (Wildman–Crippen LogP) is 19.5. The van der Waals surface area contributed by atoms with E-state index in [-0.39, 0.29) is 111 Å². The van der Waals surface area contributed by atoms with Gasteiger partial charge in [0, 0.05) is 56.9 Å². The summed E-state index contributed by atoms with van der Waals surface area (Å²) in [6, 6.07) is 15.2. The number of rotatable bonds is 68. The van der Waals surface area contributed by atoms with Gasteiger partial charge in [-0.05, 0) is 284 Å². The van der Waals surface area contributed by atoms with Crippen molar-refractivity contribution in [1.29, 1.82) is 0 Å². The molecule has 2 saturated carbocycles. The van der Waals surface area contributed by atoms with Gasteiger partial charge in [-0.15, -0.1) is 0 Å². The van der Waals surface area contributed by atoms with Crippen LogP contribution >= 0.6 is 0 Å². The smallest absolute Gasteiger partial charge is 0.343 e. The number of hydrogen-bond acceptors (Lipinski definition) is 22. The molecule has 0 unspecified atom stereocenters. The Kier molecular flexibility index (Phi) is 54.8. The Morgan fingerprint density at radius 3 is 0.965 bits per heavy atom. The summed E-state index contributed by atoms with van der Waals surface area (Å²) in [5.74, 6) is -1.43. The largest absolute Gasteiger partial charge is 0.494 e. The molecule has 23 heteroatoms. The number of carbonyl (C=O) groups excluding carboxylic acids is 10. The number of aliphatic carboxylic acids is 1. The Labute approximate surface area is 679 Å². The molecular formula is C91H140O23. The fourth-order valence-electron chi connectivity index (χ4n) is 14.5. The molecular weight excluding hydrogens is 1460 g/mol. The van der Waals surface area contributed by atoms with E-state index in [1.165, 1.54) is 44.1 Å². The average Bonchev–Trinajstić information content (AvgIpc) is 0.764. The van der Waals surface area contributed by atoms with Gasteiger partial charge in [-0.2, -0.15) is 0 Å². The second-order valence-electron chi connectivity index (χ2n) is 31.1. The van der Waals surface area contributed by atoms with Gasteiger partial charge in [0.05, 0.1) is 77.6 Å². The van der Waals surface area contributed by atoms with E-state index in [0.717, 1.165) is 128 Å². The molecule has 114 heavy (non-hydrogen) atoms. The molecule has 23 nitrogen and oxygen atoms in total. The van der Waals surface area contributed by atoms with Gasteiger partial charge in [-0.1, -0.05) is 77.0 Å². The monoisotopic (exact) mass is 1600 g/mol. The van der Waals surface area contributed by atoms with Crippen LogP contribution < -0.4 is 9.47 Å². The minimum Gasteiger partial charge on any atom is -0.494 e. The van der Waals surface area contributed by atoms with Crippen LogP contribution in [0.3, 0.4) is 0 Å². The first kappa shape index (κ1) is 98.5. The van der Waals surface area contributed by atoms with E-state index in [1.807, 2.05) is 12.1 Å². The third kappa shape index (κ3) is 47.9. The van der Waals surface area contributed by atoms with Gasteiger partial charge in [0.2, 0.25) is 0 Å². The molecule has 2 aliphatic rings. The summed E-state index contributed by atoms with van der Waals surface area (Å²) in [7, 11) is 0. The number of carboxylic acid groups (broad SMARTS) is 1. The van der Waals surface area contributed by atoms with Gasteiger partial charge < -0.3 is 57.2 Å². The molecule has 2 aromatic rings. The lowest BCUT2D eigenvalue weighted by molar-refractivity contribution is -0.146.